The molecule has 3 rings (SSSR count). The van der Waals surface area contributed by atoms with E-state index < -0.39 is 20.7 Å². The molecule has 2 aliphatic carbocycles. The lowest BCUT2D eigenvalue weighted by Gasteiger charge is -2.22. The van der Waals surface area contributed by atoms with E-state index >= 15 is 0 Å². The topological polar surface area (TPSA) is 72.2 Å². The molecule has 2 fully saturated rings. The molecule has 3 unspecified atom stereocenters. The Morgan fingerprint density at radius 1 is 1.30 bits per heavy atom. The molecule has 0 saturated heterocycles. The van der Waals surface area contributed by atoms with Crippen LogP contribution in [0.1, 0.15) is 25.7 Å². The van der Waals surface area contributed by atoms with Crippen LogP contribution in [0.25, 0.3) is 0 Å². The zero-order valence-corrected chi connectivity index (χ0v) is 12.0. The molecular weight excluding hydrogens is 279 g/mol. The molecule has 0 amide bonds. The van der Waals surface area contributed by atoms with Crippen molar-refractivity contribution in [3.8, 4) is 0 Å². The Labute approximate surface area is 118 Å². The molecule has 6 heteroatoms. The predicted octanol–water partition coefficient (Wildman–Crippen LogP) is 2.12. The van der Waals surface area contributed by atoms with Crippen molar-refractivity contribution < 1.29 is 12.8 Å². The summed E-state index contributed by atoms with van der Waals surface area (Å²) in [6.45, 7) is 0.386. The Balaban J connectivity index is 1.73. The van der Waals surface area contributed by atoms with Gasteiger partial charge in [-0.25, -0.2) is 17.5 Å². The summed E-state index contributed by atoms with van der Waals surface area (Å²) in [4.78, 5) is -0.428. The average Bonchev–Trinajstić information content (AvgIpc) is 2.98. The number of hydrogen-bond acceptors (Lipinski definition) is 3. The van der Waals surface area contributed by atoms with Crippen molar-refractivity contribution in [1.29, 1.82) is 0 Å². The zero-order chi connectivity index (χ0) is 14.3. The Morgan fingerprint density at radius 3 is 2.70 bits per heavy atom. The van der Waals surface area contributed by atoms with Gasteiger partial charge in [-0.3, -0.25) is 0 Å². The maximum atomic E-state index is 13.7. The average molecular weight is 298 g/mol. The van der Waals surface area contributed by atoms with Crippen molar-refractivity contribution in [3.63, 3.8) is 0 Å². The van der Waals surface area contributed by atoms with Crippen LogP contribution in [0.15, 0.2) is 23.1 Å². The van der Waals surface area contributed by atoms with Gasteiger partial charge in [-0.15, -0.1) is 0 Å². The number of anilines is 1. The summed E-state index contributed by atoms with van der Waals surface area (Å²) in [7, 11) is -3.88. The van der Waals surface area contributed by atoms with E-state index in [-0.39, 0.29) is 5.69 Å². The highest BCUT2D eigenvalue weighted by Crippen LogP contribution is 2.48. The fraction of sp³-hybridized carbons (Fsp3) is 0.571. The summed E-state index contributed by atoms with van der Waals surface area (Å²) in [6.07, 6.45) is 4.77. The van der Waals surface area contributed by atoms with E-state index in [4.69, 9.17) is 5.73 Å². The van der Waals surface area contributed by atoms with Crippen LogP contribution >= 0.6 is 0 Å². The van der Waals surface area contributed by atoms with Gasteiger partial charge in [0.15, 0.2) is 0 Å². The number of sulfonamides is 1. The highest BCUT2D eigenvalue weighted by molar-refractivity contribution is 7.89. The molecule has 4 nitrogen and oxygen atoms in total. The normalized spacial score (nSPS) is 28.9. The molecule has 20 heavy (non-hydrogen) atoms. The first-order valence-electron chi connectivity index (χ1n) is 7.01. The van der Waals surface area contributed by atoms with E-state index in [1.54, 1.807) is 0 Å². The van der Waals surface area contributed by atoms with E-state index in [0.717, 1.165) is 18.4 Å². The molecule has 1 aromatic rings. The van der Waals surface area contributed by atoms with E-state index in [2.05, 4.69) is 4.72 Å². The maximum absolute atomic E-state index is 13.7. The van der Waals surface area contributed by atoms with Crippen LogP contribution in [0.2, 0.25) is 0 Å². The Hall–Kier alpha value is -1.14. The highest BCUT2D eigenvalue weighted by atomic mass is 32.2. The van der Waals surface area contributed by atoms with Gasteiger partial charge in [0.2, 0.25) is 10.0 Å². The first-order chi connectivity index (χ1) is 9.47. The van der Waals surface area contributed by atoms with E-state index in [1.165, 1.54) is 31.4 Å². The quantitative estimate of drug-likeness (QED) is 0.836. The minimum atomic E-state index is -3.88. The third-order valence-electron chi connectivity index (χ3n) is 4.69. The summed E-state index contributed by atoms with van der Waals surface area (Å²) < 4.78 is 40.6. The fourth-order valence-corrected chi connectivity index (χ4v) is 5.01. The number of nitrogens with one attached hydrogen (secondary N) is 1. The van der Waals surface area contributed by atoms with Crippen molar-refractivity contribution >= 4 is 15.7 Å². The van der Waals surface area contributed by atoms with Crippen LogP contribution in [-0.2, 0) is 10.0 Å². The lowest BCUT2D eigenvalue weighted by atomic mass is 9.89. The SMILES string of the molecule is Nc1cccc(F)c1S(=O)(=O)NCC1CC2CCC1C2. The molecule has 3 atom stereocenters. The van der Waals surface area contributed by atoms with Crippen LogP contribution in [-0.4, -0.2) is 15.0 Å². The van der Waals surface area contributed by atoms with Crippen molar-refractivity contribution in [2.75, 3.05) is 12.3 Å². The third-order valence-corrected chi connectivity index (χ3v) is 6.20. The lowest BCUT2D eigenvalue weighted by molar-refractivity contribution is 0.332. The van der Waals surface area contributed by atoms with Crippen molar-refractivity contribution in [2.24, 2.45) is 17.8 Å². The monoisotopic (exact) mass is 298 g/mol. The first kappa shape index (κ1) is 13.8. The molecule has 0 aliphatic heterocycles. The second-order valence-corrected chi connectivity index (χ2v) is 7.65. The molecule has 2 bridgehead atoms. The summed E-state index contributed by atoms with van der Waals surface area (Å²) in [5, 5.41) is 0. The summed E-state index contributed by atoms with van der Waals surface area (Å²) >= 11 is 0. The van der Waals surface area contributed by atoms with Crippen LogP contribution in [0.3, 0.4) is 0 Å². The molecule has 3 N–H and O–H groups in total. The number of halogens is 1. The summed E-state index contributed by atoms with van der Waals surface area (Å²) in [6, 6.07) is 3.91. The second-order valence-electron chi connectivity index (χ2n) is 5.95. The smallest absolute Gasteiger partial charge is 0.245 e. The molecule has 2 saturated carbocycles. The highest BCUT2D eigenvalue weighted by Gasteiger charge is 2.39. The van der Waals surface area contributed by atoms with Gasteiger partial charge >= 0.3 is 0 Å². The Kier molecular flexibility index (Phi) is 3.46. The van der Waals surface area contributed by atoms with Gasteiger partial charge in [0.1, 0.15) is 10.7 Å². The lowest BCUT2D eigenvalue weighted by Crippen LogP contribution is -2.32. The molecule has 110 valence electrons. The zero-order valence-electron chi connectivity index (χ0n) is 11.2. The van der Waals surface area contributed by atoms with Crippen molar-refractivity contribution in [1.82, 2.24) is 4.72 Å². The molecule has 0 heterocycles. The fourth-order valence-electron chi connectivity index (χ4n) is 3.72. The number of hydrogen-bond donors (Lipinski definition) is 2. The Morgan fingerprint density at radius 2 is 2.10 bits per heavy atom. The number of nitrogen functional groups attached to an aromatic ring is 1. The standard InChI is InChI=1S/C14H19FN2O2S/c15-12-2-1-3-13(16)14(12)20(18,19)17-8-11-7-9-4-5-10(11)6-9/h1-3,9-11,17H,4-8,16H2. The van der Waals surface area contributed by atoms with Crippen molar-refractivity contribution in [2.45, 2.75) is 30.6 Å². The van der Waals surface area contributed by atoms with Gasteiger partial charge in [0.25, 0.3) is 0 Å². The van der Waals surface area contributed by atoms with Crippen LogP contribution < -0.4 is 10.5 Å². The van der Waals surface area contributed by atoms with E-state index in [9.17, 15) is 12.8 Å². The predicted molar refractivity (Wildman–Crippen MR) is 74.9 cm³/mol. The van der Waals surface area contributed by atoms with Crippen LogP contribution in [0.4, 0.5) is 10.1 Å². The van der Waals surface area contributed by atoms with Gasteiger partial charge in [0.05, 0.1) is 5.69 Å². The minimum Gasteiger partial charge on any atom is -0.398 e. The Bertz CT molecular complexity index is 597. The molecule has 0 aromatic heterocycles. The van der Waals surface area contributed by atoms with E-state index in [0.29, 0.717) is 18.4 Å². The largest absolute Gasteiger partial charge is 0.398 e. The van der Waals surface area contributed by atoms with Gasteiger partial charge in [-0.05, 0) is 49.1 Å². The van der Waals surface area contributed by atoms with Gasteiger partial charge in [0, 0.05) is 6.54 Å². The van der Waals surface area contributed by atoms with Gasteiger partial charge in [-0.1, -0.05) is 12.5 Å². The summed E-state index contributed by atoms with van der Waals surface area (Å²) in [5.41, 5.74) is 5.54. The van der Waals surface area contributed by atoms with E-state index in [1.807, 2.05) is 0 Å². The summed E-state index contributed by atoms with van der Waals surface area (Å²) in [5.74, 6) is 0.968. The van der Waals surface area contributed by atoms with Gasteiger partial charge in [-0.2, -0.15) is 0 Å². The first-order valence-corrected chi connectivity index (χ1v) is 8.49. The van der Waals surface area contributed by atoms with Crippen LogP contribution in [0.5, 0.6) is 0 Å². The molecule has 2 aliphatic rings. The second kappa shape index (κ2) is 5.00. The number of benzene rings is 1. The molecular formula is C14H19FN2O2S. The number of fused-ring (bicyclic) bond motifs is 2. The third kappa shape index (κ3) is 2.42. The number of rotatable bonds is 4. The molecule has 0 spiro atoms. The van der Waals surface area contributed by atoms with Crippen molar-refractivity contribution in [3.05, 3.63) is 24.0 Å². The maximum Gasteiger partial charge on any atom is 0.245 e. The molecule has 1 aromatic carbocycles. The minimum absolute atomic E-state index is 0.0505. The van der Waals surface area contributed by atoms with Gasteiger partial charge < -0.3 is 5.73 Å². The van der Waals surface area contributed by atoms with Crippen LogP contribution in [0, 0.1) is 23.6 Å². The number of nitrogens with two attached hydrogens (primary N) is 1. The molecule has 0 radical (unpaired) electrons.